The van der Waals surface area contributed by atoms with Gasteiger partial charge in [-0.1, -0.05) is 23.2 Å². The lowest BCUT2D eigenvalue weighted by Gasteiger charge is -2.16. The number of benzene rings is 1. The zero-order valence-electron chi connectivity index (χ0n) is 8.47. The summed E-state index contributed by atoms with van der Waals surface area (Å²) in [4.78, 5) is 4.19. The van der Waals surface area contributed by atoms with Crippen molar-refractivity contribution in [3.63, 3.8) is 0 Å². The number of hydrogen-bond donors (Lipinski definition) is 0. The molecule has 0 N–H and O–H groups in total. The van der Waals surface area contributed by atoms with Crippen LogP contribution in [0.4, 0.5) is 0 Å². The van der Waals surface area contributed by atoms with Crippen molar-refractivity contribution in [2.75, 3.05) is 19.0 Å². The summed E-state index contributed by atoms with van der Waals surface area (Å²) in [5.74, 6) is 0.934. The van der Waals surface area contributed by atoms with E-state index >= 15 is 0 Å². The van der Waals surface area contributed by atoms with E-state index in [0.29, 0.717) is 28.3 Å². The second-order valence-corrected chi connectivity index (χ2v) is 4.56. The second kappa shape index (κ2) is 5.26. The lowest BCUT2D eigenvalue weighted by atomic mass is 10.0. The first-order valence-corrected chi connectivity index (χ1v) is 6.22. The predicted octanol–water partition coefficient (Wildman–Crippen LogP) is 3.59. The van der Waals surface area contributed by atoms with Crippen molar-refractivity contribution in [3.05, 3.63) is 27.2 Å². The number of ether oxygens (including phenoxy) is 1. The van der Waals surface area contributed by atoms with Crippen LogP contribution >= 0.6 is 34.8 Å². The van der Waals surface area contributed by atoms with Crippen LogP contribution in [0.1, 0.15) is 11.1 Å². The van der Waals surface area contributed by atoms with Gasteiger partial charge in [-0.3, -0.25) is 4.99 Å². The molecule has 1 aromatic rings. The van der Waals surface area contributed by atoms with E-state index in [1.165, 1.54) is 0 Å². The third-order valence-corrected chi connectivity index (χ3v) is 3.19. The summed E-state index contributed by atoms with van der Waals surface area (Å²) in [5.41, 5.74) is 2.02. The molecule has 86 valence electrons. The number of aliphatic imine (C=N–C) groups is 1. The lowest BCUT2D eigenvalue weighted by Crippen LogP contribution is -2.07. The number of hydrogen-bond acceptors (Lipinski definition) is 2. The van der Waals surface area contributed by atoms with E-state index in [-0.39, 0.29) is 0 Å². The van der Waals surface area contributed by atoms with Gasteiger partial charge in [0.25, 0.3) is 0 Å². The van der Waals surface area contributed by atoms with Crippen molar-refractivity contribution in [1.82, 2.24) is 0 Å². The van der Waals surface area contributed by atoms with Gasteiger partial charge in [-0.25, -0.2) is 0 Å². The summed E-state index contributed by atoms with van der Waals surface area (Å²) in [6, 6.07) is 1.83. The van der Waals surface area contributed by atoms with Gasteiger partial charge in [0.05, 0.1) is 15.9 Å². The van der Waals surface area contributed by atoms with Crippen LogP contribution in [0, 0.1) is 0 Å². The molecule has 0 bridgehead atoms. The predicted molar refractivity (Wildman–Crippen MR) is 68.8 cm³/mol. The molecule has 0 aliphatic carbocycles. The summed E-state index contributed by atoms with van der Waals surface area (Å²) in [7, 11) is 0. The van der Waals surface area contributed by atoms with Crippen LogP contribution in [0.5, 0.6) is 5.75 Å². The summed E-state index contributed by atoms with van der Waals surface area (Å²) in [6.45, 7) is 1.15. The molecule has 0 saturated carbocycles. The second-order valence-electron chi connectivity index (χ2n) is 3.39. The molecular weight excluding hydrogens is 268 g/mol. The molecule has 1 heterocycles. The van der Waals surface area contributed by atoms with Crippen LogP contribution in [0.15, 0.2) is 11.1 Å². The molecule has 0 aromatic heterocycles. The fourth-order valence-corrected chi connectivity index (χ4v) is 2.39. The smallest absolute Gasteiger partial charge is 0.156 e. The van der Waals surface area contributed by atoms with Gasteiger partial charge in [-0.05, 0) is 23.6 Å². The Balaban J connectivity index is 2.42. The van der Waals surface area contributed by atoms with Gasteiger partial charge in [0.1, 0.15) is 6.61 Å². The van der Waals surface area contributed by atoms with Crippen molar-refractivity contribution in [1.29, 1.82) is 0 Å². The Kier molecular flexibility index (Phi) is 3.95. The third kappa shape index (κ3) is 2.29. The third-order valence-electron chi connectivity index (χ3n) is 2.36. The Morgan fingerprint density at radius 1 is 1.38 bits per heavy atom. The fourth-order valence-electron chi connectivity index (χ4n) is 1.64. The molecule has 0 atom stereocenters. The van der Waals surface area contributed by atoms with Crippen molar-refractivity contribution in [3.8, 4) is 5.75 Å². The van der Waals surface area contributed by atoms with E-state index in [1.54, 1.807) is 6.21 Å². The highest BCUT2D eigenvalue weighted by Gasteiger charge is 2.17. The molecule has 0 amide bonds. The van der Waals surface area contributed by atoms with Crippen LogP contribution in [-0.2, 0) is 6.42 Å². The quantitative estimate of drug-likeness (QED) is 0.774. The average molecular weight is 279 g/mol. The molecule has 1 aliphatic heterocycles. The van der Waals surface area contributed by atoms with Gasteiger partial charge in [-0.15, -0.1) is 11.6 Å². The zero-order chi connectivity index (χ0) is 11.5. The molecule has 0 saturated heterocycles. The maximum Gasteiger partial charge on any atom is 0.156 e. The highest BCUT2D eigenvalue weighted by Crippen LogP contribution is 2.38. The number of nitrogens with zero attached hydrogens (tertiary/aromatic N) is 1. The van der Waals surface area contributed by atoms with Crippen LogP contribution in [0.2, 0.25) is 10.0 Å². The highest BCUT2D eigenvalue weighted by atomic mass is 35.5. The van der Waals surface area contributed by atoms with E-state index in [0.717, 1.165) is 24.1 Å². The topological polar surface area (TPSA) is 21.6 Å². The summed E-state index contributed by atoms with van der Waals surface area (Å²) in [5, 5.41) is 1.08. The zero-order valence-corrected chi connectivity index (χ0v) is 10.7. The highest BCUT2D eigenvalue weighted by molar-refractivity contribution is 6.38. The number of fused-ring (bicyclic) bond motifs is 1. The maximum atomic E-state index is 6.25. The minimum Gasteiger partial charge on any atom is -0.489 e. The Bertz CT molecular complexity index is 432. The molecule has 0 fully saturated rings. The number of rotatable bonds is 3. The largest absolute Gasteiger partial charge is 0.489 e. The molecule has 16 heavy (non-hydrogen) atoms. The lowest BCUT2D eigenvalue weighted by molar-refractivity contribution is 0.343. The minimum atomic E-state index is 0.397. The molecule has 0 radical (unpaired) electrons. The first-order valence-electron chi connectivity index (χ1n) is 4.93. The van der Waals surface area contributed by atoms with E-state index in [9.17, 15) is 0 Å². The summed E-state index contributed by atoms with van der Waals surface area (Å²) < 4.78 is 5.44. The Hall–Kier alpha value is -0.440. The maximum absolute atomic E-state index is 6.25. The van der Waals surface area contributed by atoms with Gasteiger partial charge in [0.2, 0.25) is 0 Å². The monoisotopic (exact) mass is 277 g/mol. The molecule has 5 heteroatoms. The van der Waals surface area contributed by atoms with Crippen molar-refractivity contribution in [2.24, 2.45) is 4.99 Å². The van der Waals surface area contributed by atoms with Crippen molar-refractivity contribution < 1.29 is 4.74 Å². The Labute approximate surface area is 109 Å². The first kappa shape index (κ1) is 12.0. The van der Waals surface area contributed by atoms with Crippen LogP contribution in [0.25, 0.3) is 0 Å². The molecule has 0 unspecified atom stereocenters. The van der Waals surface area contributed by atoms with Crippen molar-refractivity contribution >= 4 is 41.0 Å². The van der Waals surface area contributed by atoms with Crippen molar-refractivity contribution in [2.45, 2.75) is 6.42 Å². The van der Waals surface area contributed by atoms with Gasteiger partial charge < -0.3 is 4.74 Å². The van der Waals surface area contributed by atoms with E-state index in [2.05, 4.69) is 4.99 Å². The van der Waals surface area contributed by atoms with E-state index < -0.39 is 0 Å². The Morgan fingerprint density at radius 3 is 2.94 bits per heavy atom. The SMILES string of the molecule is ClCCOc1c(Cl)cc2c(c1Cl)CCN=C2. The molecule has 0 spiro atoms. The molecular formula is C11H10Cl3NO. The van der Waals surface area contributed by atoms with Crippen LogP contribution in [-0.4, -0.2) is 25.2 Å². The van der Waals surface area contributed by atoms with Gasteiger partial charge >= 0.3 is 0 Å². The fraction of sp³-hybridized carbons (Fsp3) is 0.364. The summed E-state index contributed by atoms with van der Waals surface area (Å²) in [6.07, 6.45) is 2.61. The number of halogens is 3. The number of alkyl halides is 1. The van der Waals surface area contributed by atoms with Crippen LogP contribution < -0.4 is 4.74 Å². The van der Waals surface area contributed by atoms with Gasteiger partial charge in [-0.2, -0.15) is 0 Å². The Morgan fingerprint density at radius 2 is 2.19 bits per heavy atom. The summed E-state index contributed by atoms with van der Waals surface area (Å²) >= 11 is 17.9. The van der Waals surface area contributed by atoms with Gasteiger partial charge in [0, 0.05) is 12.8 Å². The average Bonchev–Trinajstić information content (AvgIpc) is 2.29. The molecule has 2 nitrogen and oxygen atoms in total. The minimum absolute atomic E-state index is 0.397. The first-order chi connectivity index (χ1) is 7.74. The van der Waals surface area contributed by atoms with Crippen LogP contribution in [0.3, 0.4) is 0 Å². The normalized spacial score (nSPS) is 13.7. The standard InChI is InChI=1S/C11H10Cl3NO/c12-2-4-16-11-9(13)5-7-6-15-3-1-8(7)10(11)14/h5-6H,1-4H2. The molecule has 1 aromatic carbocycles. The molecule has 1 aliphatic rings. The molecule has 2 rings (SSSR count). The van der Waals surface area contributed by atoms with E-state index in [4.69, 9.17) is 39.5 Å². The van der Waals surface area contributed by atoms with E-state index in [1.807, 2.05) is 6.07 Å². The van der Waals surface area contributed by atoms with Gasteiger partial charge in [0.15, 0.2) is 5.75 Å².